The van der Waals surface area contributed by atoms with Gasteiger partial charge in [-0.25, -0.2) is 0 Å². The van der Waals surface area contributed by atoms with Gasteiger partial charge in [0.05, 0.1) is 33.5 Å². The normalized spacial score (nSPS) is 34.6. The van der Waals surface area contributed by atoms with E-state index < -0.39 is 105 Å². The van der Waals surface area contributed by atoms with Crippen LogP contribution in [0.2, 0.25) is 18.6 Å². The van der Waals surface area contributed by atoms with Gasteiger partial charge in [-0.3, -0.25) is 14.4 Å². The minimum absolute atomic E-state index is 0.0555. The molecule has 3 fully saturated rings. The summed E-state index contributed by atoms with van der Waals surface area (Å²) in [5, 5.41) is 97.8. The molecule has 20 heteroatoms. The predicted octanol–water partition coefficient (Wildman–Crippen LogP) is -1.68. The highest BCUT2D eigenvalue weighted by atomic mass is 28.3. The Morgan fingerprint density at radius 3 is 1.89 bits per heavy atom. The van der Waals surface area contributed by atoms with Gasteiger partial charge < -0.3 is 80.4 Å². The molecule has 14 atom stereocenters. The van der Waals surface area contributed by atoms with Crippen molar-refractivity contribution in [3.63, 3.8) is 0 Å². The number of amides is 3. The number of nitrogens with one attached hydrogen (secondary N) is 2. The van der Waals surface area contributed by atoms with Crippen molar-refractivity contribution >= 4 is 48.0 Å². The van der Waals surface area contributed by atoms with Crippen LogP contribution in [0.15, 0.2) is 66.7 Å². The van der Waals surface area contributed by atoms with Gasteiger partial charge in [0.25, 0.3) is 17.7 Å². The number of anilines is 3. The lowest BCUT2D eigenvalue weighted by Gasteiger charge is -2.37. The fourth-order valence-corrected chi connectivity index (χ4v) is 13.5. The third-order valence-corrected chi connectivity index (χ3v) is 17.1. The Balaban J connectivity index is 1.24. The molecular formula is C42H53N3O16Si. The van der Waals surface area contributed by atoms with Crippen molar-refractivity contribution < 1.29 is 79.3 Å². The van der Waals surface area contributed by atoms with E-state index in [1.54, 1.807) is 37.4 Å². The maximum atomic E-state index is 15.3. The molecule has 4 aliphatic rings. The molecule has 0 saturated carbocycles. The van der Waals surface area contributed by atoms with Crippen LogP contribution in [0.4, 0.5) is 17.1 Å². The number of aliphatic hydroxyl groups excluding tert-OH is 9. The molecule has 4 heterocycles. The van der Waals surface area contributed by atoms with Crippen LogP contribution >= 0.6 is 0 Å². The maximum Gasteiger partial charge on any atom is 0.264 e. The molecule has 3 aromatic carbocycles. The van der Waals surface area contributed by atoms with Crippen molar-refractivity contribution in [1.82, 2.24) is 0 Å². The van der Waals surface area contributed by atoms with Crippen molar-refractivity contribution in [2.75, 3.05) is 29.3 Å². The fourth-order valence-electron chi connectivity index (χ4n) is 9.46. The second-order valence-corrected chi connectivity index (χ2v) is 21.5. The van der Waals surface area contributed by atoms with E-state index in [-0.39, 0.29) is 36.5 Å². The van der Waals surface area contributed by atoms with E-state index in [0.29, 0.717) is 22.6 Å². The van der Waals surface area contributed by atoms with Crippen LogP contribution in [0.1, 0.15) is 24.5 Å². The number of nitrogens with zero attached hydrogens (tertiary/aromatic N) is 1. The van der Waals surface area contributed by atoms with Crippen molar-refractivity contribution in [3.05, 3.63) is 77.9 Å². The minimum atomic E-state index is -2.59. The largest absolute Gasteiger partial charge is 0.497 e. The first kappa shape index (κ1) is 45.6. The van der Waals surface area contributed by atoms with Crippen molar-refractivity contribution in [1.29, 1.82) is 0 Å². The molecule has 62 heavy (non-hydrogen) atoms. The average Bonchev–Trinajstić information content (AvgIpc) is 3.67. The minimum Gasteiger partial charge on any atom is -0.497 e. The Morgan fingerprint density at radius 2 is 1.34 bits per heavy atom. The van der Waals surface area contributed by atoms with Gasteiger partial charge in [0.1, 0.15) is 42.4 Å². The van der Waals surface area contributed by atoms with Gasteiger partial charge in [-0.1, -0.05) is 49.5 Å². The van der Waals surface area contributed by atoms with E-state index in [1.165, 1.54) is 17.0 Å². The quantitative estimate of drug-likeness (QED) is 0.0959. The molecule has 0 unspecified atom stereocenters. The summed E-state index contributed by atoms with van der Waals surface area (Å²) in [6.45, 7) is 6.00. The Labute approximate surface area is 357 Å². The van der Waals surface area contributed by atoms with Crippen LogP contribution in [0.3, 0.4) is 0 Å². The van der Waals surface area contributed by atoms with Crippen LogP contribution in [0.5, 0.6) is 5.75 Å². The Kier molecular flexibility index (Phi) is 13.0. The van der Waals surface area contributed by atoms with Gasteiger partial charge in [0, 0.05) is 29.5 Å². The van der Waals surface area contributed by atoms with Crippen LogP contribution < -0.4 is 25.5 Å². The van der Waals surface area contributed by atoms with E-state index in [0.717, 1.165) is 5.19 Å². The molecule has 4 aliphatic heterocycles. The van der Waals surface area contributed by atoms with Crippen LogP contribution in [-0.4, -0.2) is 153 Å². The smallest absolute Gasteiger partial charge is 0.264 e. The predicted molar refractivity (Wildman–Crippen MR) is 220 cm³/mol. The first-order valence-corrected chi connectivity index (χ1v) is 23.3. The number of aliphatic hydroxyl groups is 9. The summed E-state index contributed by atoms with van der Waals surface area (Å²) in [7, 11) is -1.01. The molecule has 1 spiro atoms. The molecule has 336 valence electrons. The molecule has 0 aliphatic carbocycles. The molecule has 3 amide bonds. The molecule has 19 nitrogen and oxygen atoms in total. The highest BCUT2D eigenvalue weighted by molar-refractivity contribution is 6.91. The second-order valence-electron chi connectivity index (χ2n) is 16.8. The van der Waals surface area contributed by atoms with E-state index in [9.17, 15) is 55.5 Å². The average molecular weight is 884 g/mol. The SMILES string of the molecule is COc1ccc([Si](C)(C)[C@@H]2[C@@H](CCO)O[C@]3(C(=O)N(Cc4cccc(NC(=O)[C@H]5O[C@@H](O)[C@H](O)[C@@H](O)[C@@H]5O)c4)c4ccc(NC(=O)[C@H]5O[C@@H](O)[C@H](O)[C@@H](O)[C@@H]5O)cc43)[C@H]2C)cc1. The summed E-state index contributed by atoms with van der Waals surface area (Å²) < 4.78 is 22.6. The Bertz CT molecular complexity index is 2150. The number of fused-ring (bicyclic) bond motifs is 2. The van der Waals surface area contributed by atoms with Gasteiger partial charge in [-0.15, -0.1) is 0 Å². The summed E-state index contributed by atoms with van der Waals surface area (Å²) in [5.41, 5.74) is -0.183. The Hall–Kier alpha value is -4.39. The number of carbonyl (C=O) groups is 3. The van der Waals surface area contributed by atoms with Crippen LogP contribution in [-0.2, 0) is 40.7 Å². The summed E-state index contributed by atoms with van der Waals surface area (Å²) in [4.78, 5) is 43.5. The molecular weight excluding hydrogens is 831 g/mol. The van der Waals surface area contributed by atoms with Gasteiger partial charge in [0.2, 0.25) is 0 Å². The Morgan fingerprint density at radius 1 is 0.774 bits per heavy atom. The van der Waals surface area contributed by atoms with Crippen molar-refractivity contribution in [3.8, 4) is 5.75 Å². The number of ether oxygens (including phenoxy) is 4. The zero-order chi connectivity index (χ0) is 45.0. The van der Waals surface area contributed by atoms with Gasteiger partial charge in [-0.2, -0.15) is 0 Å². The van der Waals surface area contributed by atoms with E-state index >= 15 is 4.79 Å². The van der Waals surface area contributed by atoms with Gasteiger partial charge >= 0.3 is 0 Å². The number of benzene rings is 3. The molecule has 11 N–H and O–H groups in total. The second kappa shape index (κ2) is 17.6. The molecule has 3 aromatic rings. The maximum absolute atomic E-state index is 15.3. The van der Waals surface area contributed by atoms with E-state index in [4.69, 9.17) is 18.9 Å². The summed E-state index contributed by atoms with van der Waals surface area (Å²) in [6.07, 6.45) is -18.9. The monoisotopic (exact) mass is 883 g/mol. The third-order valence-electron chi connectivity index (χ3n) is 12.7. The fraction of sp³-hybridized carbons (Fsp3) is 0.500. The summed E-state index contributed by atoms with van der Waals surface area (Å²) in [5.74, 6) is -2.14. The lowest BCUT2D eigenvalue weighted by Crippen LogP contribution is -2.60. The zero-order valence-electron chi connectivity index (χ0n) is 34.3. The van der Waals surface area contributed by atoms with Gasteiger partial charge in [-0.05, 0) is 60.0 Å². The molecule has 0 bridgehead atoms. The lowest BCUT2D eigenvalue weighted by molar-refractivity contribution is -0.274. The molecule has 3 saturated heterocycles. The number of rotatable bonds is 11. The first-order valence-electron chi connectivity index (χ1n) is 20.2. The van der Waals surface area contributed by atoms with Gasteiger partial charge in [0.15, 0.2) is 30.4 Å². The van der Waals surface area contributed by atoms with Crippen LogP contribution in [0.25, 0.3) is 0 Å². The van der Waals surface area contributed by atoms with Crippen molar-refractivity contribution in [2.24, 2.45) is 5.92 Å². The number of carbonyl (C=O) groups excluding carboxylic acids is 3. The first-order chi connectivity index (χ1) is 29.3. The topological polar surface area (TPSA) is 298 Å². The highest BCUT2D eigenvalue weighted by Crippen LogP contribution is 2.60. The zero-order valence-corrected chi connectivity index (χ0v) is 35.3. The molecule has 0 aromatic heterocycles. The number of methoxy groups -OCH3 is 1. The number of hydrogen-bond donors (Lipinski definition) is 11. The van der Waals surface area contributed by atoms with Crippen molar-refractivity contribution in [2.45, 2.75) is 112 Å². The number of hydrogen-bond acceptors (Lipinski definition) is 16. The molecule has 7 rings (SSSR count). The lowest BCUT2D eigenvalue weighted by atomic mass is 9.82. The highest BCUT2D eigenvalue weighted by Gasteiger charge is 2.66. The molecule has 0 radical (unpaired) electrons. The van der Waals surface area contributed by atoms with E-state index in [1.807, 2.05) is 31.2 Å². The summed E-state index contributed by atoms with van der Waals surface area (Å²) >= 11 is 0. The standard InChI is InChI=1S/C42H53N3O16Si/c1-19-36(62(3,4)24-11-9-23(58-2)10-12-24)27(14-15-46)61-42(19)25-17-22(44-38(54)35-31(50)29(48)33(52)40(56)60-35)8-13-26(25)45(41(42)57)18-20-6-5-7-21(16-20)43-37(53)34-30(49)28(47)32(51)39(55)59-34/h5-13,16-17,19,27-36,39-40,46-52,55-56H,14-15,18H2,1-4H3,(H,43,53)(H,44,54)/t19-,27+,28-,29-,30-,31-,32+,33+,34-,35-,36-,39+,40+,42+/m0/s1. The van der Waals surface area contributed by atoms with Crippen LogP contribution in [0, 0.1) is 5.92 Å². The van der Waals surface area contributed by atoms with E-state index in [2.05, 4.69) is 23.7 Å². The summed E-state index contributed by atoms with van der Waals surface area (Å²) in [6, 6.07) is 18.9. The third kappa shape index (κ3) is 7.93.